The number of aryl methyl sites for hydroxylation is 3. The maximum atomic E-state index is 13.7. The molecule has 3 heterocycles. The van der Waals surface area contributed by atoms with Crippen molar-refractivity contribution in [1.82, 2.24) is 15.1 Å². The number of anilines is 1. The Morgan fingerprint density at radius 2 is 1.87 bits per heavy atom. The summed E-state index contributed by atoms with van der Waals surface area (Å²) in [6.07, 6.45) is 0.833. The van der Waals surface area contributed by atoms with E-state index in [2.05, 4.69) is 67.9 Å². The van der Waals surface area contributed by atoms with E-state index < -0.39 is 0 Å². The molecule has 5 rings (SSSR count). The predicted octanol–water partition coefficient (Wildman–Crippen LogP) is 6.22. The molecule has 0 saturated carbocycles. The van der Waals surface area contributed by atoms with Gasteiger partial charge in [0.2, 0.25) is 11.8 Å². The van der Waals surface area contributed by atoms with Crippen LogP contribution in [0.5, 0.6) is 0 Å². The number of hydrogen-bond donors (Lipinski definition) is 1. The molecule has 2 aromatic heterocycles. The van der Waals surface area contributed by atoms with Gasteiger partial charge in [-0.05, 0) is 55.8 Å². The Bertz CT molecular complexity index is 1470. The second-order valence-corrected chi connectivity index (χ2v) is 11.7. The lowest BCUT2D eigenvalue weighted by Crippen LogP contribution is -2.42. The van der Waals surface area contributed by atoms with Crippen molar-refractivity contribution in [2.75, 3.05) is 23.7 Å². The van der Waals surface area contributed by atoms with Crippen LogP contribution < -0.4 is 10.2 Å². The van der Waals surface area contributed by atoms with Crippen molar-refractivity contribution in [3.05, 3.63) is 87.1 Å². The molecule has 1 N–H and O–H groups in total. The summed E-state index contributed by atoms with van der Waals surface area (Å²) in [5.41, 5.74) is 7.09. The Balaban J connectivity index is 1.81. The molecule has 0 fully saturated rings. The molecular formula is C30H32N4O2S2. The van der Waals surface area contributed by atoms with Crippen molar-refractivity contribution < 1.29 is 9.59 Å². The summed E-state index contributed by atoms with van der Waals surface area (Å²) < 4.78 is 1.89. The van der Waals surface area contributed by atoms with E-state index in [1.54, 1.807) is 28.0 Å². The highest BCUT2D eigenvalue weighted by Crippen LogP contribution is 2.50. The van der Waals surface area contributed by atoms with Crippen molar-refractivity contribution in [2.45, 2.75) is 39.4 Å². The molecule has 38 heavy (non-hydrogen) atoms. The SMILES string of the molecule is CCCNC(=O)CN1C(=O)CS[C@H](c2sccc2C)c2c(-c3ccccc3)nn(-c3ccc(C)cc3C)c21. The smallest absolute Gasteiger partial charge is 0.240 e. The molecule has 8 heteroatoms. The number of thiophene rings is 1. The third-order valence-electron chi connectivity index (χ3n) is 6.73. The Kier molecular flexibility index (Phi) is 7.72. The number of rotatable bonds is 7. The molecular weight excluding hydrogens is 512 g/mol. The summed E-state index contributed by atoms with van der Waals surface area (Å²) >= 11 is 3.32. The van der Waals surface area contributed by atoms with E-state index in [-0.39, 0.29) is 29.4 Å². The van der Waals surface area contributed by atoms with Crippen LogP contribution in [-0.2, 0) is 9.59 Å². The number of carbonyl (C=O) groups excluding carboxylic acids is 2. The quantitative estimate of drug-likeness (QED) is 0.300. The van der Waals surface area contributed by atoms with Crippen LogP contribution in [0.2, 0.25) is 0 Å². The Morgan fingerprint density at radius 3 is 2.55 bits per heavy atom. The van der Waals surface area contributed by atoms with Crippen LogP contribution in [0, 0.1) is 20.8 Å². The second kappa shape index (κ2) is 11.2. The van der Waals surface area contributed by atoms with E-state index in [0.717, 1.165) is 40.1 Å². The molecule has 4 aromatic rings. The van der Waals surface area contributed by atoms with Gasteiger partial charge in [-0.2, -0.15) is 5.10 Å². The van der Waals surface area contributed by atoms with Gasteiger partial charge in [0.05, 0.1) is 22.4 Å². The highest BCUT2D eigenvalue weighted by atomic mass is 32.2. The molecule has 0 saturated heterocycles. The van der Waals surface area contributed by atoms with Gasteiger partial charge in [0.1, 0.15) is 12.4 Å². The number of thioether (sulfide) groups is 1. The molecule has 0 radical (unpaired) electrons. The van der Waals surface area contributed by atoms with Gasteiger partial charge in [-0.1, -0.05) is 55.0 Å². The standard InChI is InChI=1S/C30H32N4O2S2/c1-5-14-31-24(35)17-33-25(36)18-38-29(28-20(3)13-15-37-28)26-27(22-9-7-6-8-10-22)32-34(30(26)33)23-12-11-19(2)16-21(23)4/h6-13,15-16,29H,5,14,17-18H2,1-4H3,(H,31,35)/t29-/m0/s1. The fraction of sp³-hybridized carbons (Fsp3) is 0.300. The summed E-state index contributed by atoms with van der Waals surface area (Å²) in [7, 11) is 0. The summed E-state index contributed by atoms with van der Waals surface area (Å²) in [4.78, 5) is 29.6. The van der Waals surface area contributed by atoms with Crippen molar-refractivity contribution >= 4 is 40.7 Å². The first-order valence-corrected chi connectivity index (χ1v) is 14.8. The molecule has 196 valence electrons. The zero-order valence-corrected chi connectivity index (χ0v) is 23.8. The number of nitrogens with zero attached hydrogens (tertiary/aromatic N) is 3. The first-order valence-electron chi connectivity index (χ1n) is 12.9. The largest absolute Gasteiger partial charge is 0.355 e. The minimum Gasteiger partial charge on any atom is -0.355 e. The van der Waals surface area contributed by atoms with Crippen molar-refractivity contribution in [2.24, 2.45) is 0 Å². The summed E-state index contributed by atoms with van der Waals surface area (Å²) in [5.74, 6) is 0.690. The van der Waals surface area contributed by atoms with E-state index in [0.29, 0.717) is 12.4 Å². The van der Waals surface area contributed by atoms with Crippen LogP contribution in [0.15, 0.2) is 60.0 Å². The van der Waals surface area contributed by atoms with E-state index in [1.165, 1.54) is 10.4 Å². The van der Waals surface area contributed by atoms with Gasteiger partial charge in [-0.3, -0.25) is 14.5 Å². The van der Waals surface area contributed by atoms with Crippen molar-refractivity contribution in [3.8, 4) is 16.9 Å². The Labute approximate surface area is 232 Å². The highest BCUT2D eigenvalue weighted by Gasteiger charge is 2.38. The first kappa shape index (κ1) is 26.3. The van der Waals surface area contributed by atoms with E-state index in [1.807, 2.05) is 29.8 Å². The van der Waals surface area contributed by atoms with Gasteiger partial charge < -0.3 is 5.32 Å². The lowest BCUT2D eigenvalue weighted by Gasteiger charge is -2.23. The molecule has 1 atom stereocenters. The van der Waals surface area contributed by atoms with Gasteiger partial charge in [0.15, 0.2) is 0 Å². The van der Waals surface area contributed by atoms with Gasteiger partial charge in [-0.15, -0.1) is 23.1 Å². The lowest BCUT2D eigenvalue weighted by atomic mass is 10.0. The number of fused-ring (bicyclic) bond motifs is 1. The maximum absolute atomic E-state index is 13.7. The monoisotopic (exact) mass is 544 g/mol. The maximum Gasteiger partial charge on any atom is 0.240 e. The zero-order chi connectivity index (χ0) is 26.8. The van der Waals surface area contributed by atoms with Crippen LogP contribution in [-0.4, -0.2) is 40.4 Å². The average molecular weight is 545 g/mol. The highest BCUT2D eigenvalue weighted by molar-refractivity contribution is 8.00. The number of aromatic nitrogens is 2. The Morgan fingerprint density at radius 1 is 1.08 bits per heavy atom. The zero-order valence-electron chi connectivity index (χ0n) is 22.2. The average Bonchev–Trinajstić information content (AvgIpc) is 3.47. The van der Waals surface area contributed by atoms with Crippen LogP contribution in [0.25, 0.3) is 16.9 Å². The van der Waals surface area contributed by atoms with Crippen LogP contribution in [0.3, 0.4) is 0 Å². The first-order chi connectivity index (χ1) is 18.4. The van der Waals surface area contributed by atoms with Crippen molar-refractivity contribution in [3.63, 3.8) is 0 Å². The number of carbonyl (C=O) groups is 2. The third kappa shape index (κ3) is 5.02. The fourth-order valence-electron chi connectivity index (χ4n) is 4.86. The second-order valence-electron chi connectivity index (χ2n) is 9.64. The topological polar surface area (TPSA) is 67.2 Å². The van der Waals surface area contributed by atoms with E-state index in [9.17, 15) is 9.59 Å². The lowest BCUT2D eigenvalue weighted by molar-refractivity contribution is -0.122. The molecule has 2 aromatic carbocycles. The number of hydrogen-bond acceptors (Lipinski definition) is 5. The molecule has 2 amide bonds. The van der Waals surface area contributed by atoms with Crippen molar-refractivity contribution in [1.29, 1.82) is 0 Å². The molecule has 6 nitrogen and oxygen atoms in total. The minimum atomic E-state index is -0.170. The number of nitrogens with one attached hydrogen (secondary N) is 1. The predicted molar refractivity (Wildman–Crippen MR) is 157 cm³/mol. The van der Waals surface area contributed by atoms with Crippen LogP contribution in [0.4, 0.5) is 5.82 Å². The van der Waals surface area contributed by atoms with Gasteiger partial charge in [-0.25, -0.2) is 4.68 Å². The molecule has 1 aliphatic heterocycles. The summed E-state index contributed by atoms with van der Waals surface area (Å²) in [6.45, 7) is 8.78. The normalized spacial score (nSPS) is 15.3. The van der Waals surface area contributed by atoms with Crippen LogP contribution in [0.1, 0.15) is 45.7 Å². The molecule has 0 spiro atoms. The fourth-order valence-corrected chi connectivity index (χ4v) is 7.33. The Hall–Kier alpha value is -3.36. The summed E-state index contributed by atoms with van der Waals surface area (Å²) in [6, 6.07) is 18.5. The summed E-state index contributed by atoms with van der Waals surface area (Å²) in [5, 5.41) is 10.2. The molecule has 0 aliphatic carbocycles. The van der Waals surface area contributed by atoms with Gasteiger partial charge >= 0.3 is 0 Å². The minimum absolute atomic E-state index is 0.0482. The van der Waals surface area contributed by atoms with Crippen LogP contribution >= 0.6 is 23.1 Å². The third-order valence-corrected chi connectivity index (χ3v) is 9.18. The van der Waals surface area contributed by atoms with E-state index >= 15 is 0 Å². The van der Waals surface area contributed by atoms with Gasteiger partial charge in [0.25, 0.3) is 0 Å². The van der Waals surface area contributed by atoms with E-state index in [4.69, 9.17) is 5.10 Å². The number of amides is 2. The number of benzene rings is 2. The molecule has 0 bridgehead atoms. The molecule has 1 aliphatic rings. The molecule has 0 unspecified atom stereocenters. The van der Waals surface area contributed by atoms with Gasteiger partial charge in [0, 0.05) is 22.5 Å².